The molecule has 0 unspecified atom stereocenters. The van der Waals surface area contributed by atoms with Crippen LogP contribution in [0.5, 0.6) is 11.5 Å². The van der Waals surface area contributed by atoms with Gasteiger partial charge in [0, 0.05) is 25.5 Å². The predicted molar refractivity (Wildman–Crippen MR) is 160 cm³/mol. The maximum Gasteiger partial charge on any atom is 0.409 e. The molecule has 1 aromatic heterocycles. The zero-order valence-electron chi connectivity index (χ0n) is 24.5. The van der Waals surface area contributed by atoms with E-state index in [1.54, 1.807) is 18.5 Å². The molecule has 1 N–H and O–H groups in total. The highest BCUT2D eigenvalue weighted by molar-refractivity contribution is 7.85. The first-order valence-electron chi connectivity index (χ1n) is 14.2. The molecule has 9 nitrogen and oxygen atoms in total. The number of hydrogen-bond donors (Lipinski definition) is 1. The van der Waals surface area contributed by atoms with Gasteiger partial charge in [0.25, 0.3) is 0 Å². The SMILES string of the molecule is CCCOc1cccc(C2(C(=O)NS(=O)(=O)Oc3c(C(C)C)cccc3C(C)C)CCN(c3ncccn3)CC2)c1. The van der Waals surface area contributed by atoms with Gasteiger partial charge in [0.2, 0.25) is 11.9 Å². The first-order valence-corrected chi connectivity index (χ1v) is 15.6. The van der Waals surface area contributed by atoms with Crippen molar-refractivity contribution in [2.75, 3.05) is 24.6 Å². The zero-order chi connectivity index (χ0) is 29.6. The second-order valence-corrected chi connectivity index (χ2v) is 12.3. The number of anilines is 1. The summed E-state index contributed by atoms with van der Waals surface area (Å²) in [5.41, 5.74) is 1.09. The van der Waals surface area contributed by atoms with Crippen LogP contribution in [0.4, 0.5) is 5.95 Å². The molecule has 0 radical (unpaired) electrons. The van der Waals surface area contributed by atoms with Gasteiger partial charge in [0.15, 0.2) is 5.75 Å². The van der Waals surface area contributed by atoms with Crippen LogP contribution in [0.15, 0.2) is 60.9 Å². The molecule has 0 atom stereocenters. The number of carbonyl (C=O) groups is 1. The molecule has 1 amide bonds. The molecule has 0 saturated carbocycles. The Kier molecular flexibility index (Phi) is 9.53. The number of amides is 1. The van der Waals surface area contributed by atoms with Crippen molar-refractivity contribution < 1.29 is 22.1 Å². The van der Waals surface area contributed by atoms with Gasteiger partial charge in [-0.3, -0.25) is 4.79 Å². The van der Waals surface area contributed by atoms with Crippen molar-refractivity contribution in [3.63, 3.8) is 0 Å². The molecule has 10 heteroatoms. The number of benzene rings is 2. The van der Waals surface area contributed by atoms with E-state index in [2.05, 4.69) is 14.7 Å². The minimum Gasteiger partial charge on any atom is -0.494 e. The van der Waals surface area contributed by atoms with E-state index in [1.165, 1.54) is 0 Å². The van der Waals surface area contributed by atoms with Gasteiger partial charge >= 0.3 is 10.3 Å². The van der Waals surface area contributed by atoms with E-state index in [0.717, 1.165) is 17.5 Å². The molecular weight excluding hydrogens is 540 g/mol. The fourth-order valence-corrected chi connectivity index (χ4v) is 6.09. The largest absolute Gasteiger partial charge is 0.494 e. The summed E-state index contributed by atoms with van der Waals surface area (Å²) in [5.74, 6) is 0.901. The number of nitrogens with one attached hydrogen (secondary N) is 1. The van der Waals surface area contributed by atoms with E-state index in [0.29, 0.717) is 49.8 Å². The average molecular weight is 581 g/mol. The van der Waals surface area contributed by atoms with Crippen molar-refractivity contribution in [1.29, 1.82) is 0 Å². The second kappa shape index (κ2) is 12.9. The number of piperidine rings is 1. The molecule has 0 bridgehead atoms. The Hall–Kier alpha value is -3.66. The van der Waals surface area contributed by atoms with Gasteiger partial charge in [-0.05, 0) is 66.0 Å². The molecule has 3 aromatic rings. The number of carbonyl (C=O) groups excluding carboxylic acids is 1. The number of nitrogens with zero attached hydrogens (tertiary/aromatic N) is 3. The number of ether oxygens (including phenoxy) is 1. The van der Waals surface area contributed by atoms with E-state index >= 15 is 0 Å². The Labute approximate surface area is 243 Å². The summed E-state index contributed by atoms with van der Waals surface area (Å²) in [6, 6.07) is 14.7. The van der Waals surface area contributed by atoms with Gasteiger partial charge < -0.3 is 13.8 Å². The molecule has 1 fully saturated rings. The van der Waals surface area contributed by atoms with Crippen molar-refractivity contribution in [1.82, 2.24) is 14.7 Å². The average Bonchev–Trinajstić information content (AvgIpc) is 2.96. The van der Waals surface area contributed by atoms with Crippen LogP contribution in [0.3, 0.4) is 0 Å². The second-order valence-electron chi connectivity index (χ2n) is 11.0. The highest BCUT2D eigenvalue weighted by Gasteiger charge is 2.45. The molecular formula is C31H40N4O5S. The fourth-order valence-electron chi connectivity index (χ4n) is 5.21. The monoisotopic (exact) mass is 580 g/mol. The number of para-hydroxylation sites is 1. The maximum atomic E-state index is 14.1. The Morgan fingerprint density at radius 2 is 1.59 bits per heavy atom. The number of aromatic nitrogens is 2. The lowest BCUT2D eigenvalue weighted by Crippen LogP contribution is -2.53. The molecule has 2 heterocycles. The smallest absolute Gasteiger partial charge is 0.409 e. The third kappa shape index (κ3) is 6.98. The van der Waals surface area contributed by atoms with Gasteiger partial charge in [0.05, 0.1) is 12.0 Å². The Morgan fingerprint density at radius 3 is 2.17 bits per heavy atom. The van der Waals surface area contributed by atoms with E-state index < -0.39 is 21.6 Å². The Bertz CT molecular complexity index is 1410. The normalized spacial score (nSPS) is 15.1. The van der Waals surface area contributed by atoms with Crippen molar-refractivity contribution in [2.45, 2.75) is 71.1 Å². The molecule has 220 valence electrons. The van der Waals surface area contributed by atoms with E-state index in [-0.39, 0.29) is 17.6 Å². The van der Waals surface area contributed by atoms with Crippen LogP contribution in [0, 0.1) is 0 Å². The Morgan fingerprint density at radius 1 is 0.976 bits per heavy atom. The topological polar surface area (TPSA) is 111 Å². The van der Waals surface area contributed by atoms with Crippen LogP contribution in [0.1, 0.15) is 82.4 Å². The fraction of sp³-hybridized carbons (Fsp3) is 0.452. The van der Waals surface area contributed by atoms with Crippen LogP contribution in [0.25, 0.3) is 0 Å². The molecule has 1 aliphatic heterocycles. The molecule has 4 rings (SSSR count). The first kappa shape index (κ1) is 30.3. The van der Waals surface area contributed by atoms with E-state index in [1.807, 2.05) is 82.0 Å². The maximum absolute atomic E-state index is 14.1. The molecule has 41 heavy (non-hydrogen) atoms. The van der Waals surface area contributed by atoms with Crippen molar-refractivity contribution in [3.05, 3.63) is 77.6 Å². The molecule has 1 saturated heterocycles. The summed E-state index contributed by atoms with van der Waals surface area (Å²) in [7, 11) is -4.50. The lowest BCUT2D eigenvalue weighted by atomic mass is 9.72. The first-order chi connectivity index (χ1) is 19.6. The standard InChI is InChI=1S/C31H40N4O5S/c1-6-20-39-25-11-7-10-24(21-25)31(14-18-35(19-15-31)30-32-16-9-17-33-30)29(36)34-41(37,38)40-28-26(22(2)3)12-8-13-27(28)23(4)5/h7-13,16-17,21-23H,6,14-15,18-20H2,1-5H3,(H,34,36). The minimum absolute atomic E-state index is 0.0244. The Balaban J connectivity index is 1.66. The third-order valence-corrected chi connectivity index (χ3v) is 8.30. The quantitative estimate of drug-likeness (QED) is 0.317. The summed E-state index contributed by atoms with van der Waals surface area (Å²) in [6.07, 6.45) is 4.90. The third-order valence-electron chi connectivity index (χ3n) is 7.48. The van der Waals surface area contributed by atoms with Crippen LogP contribution in [-0.4, -0.2) is 44.0 Å². The highest BCUT2D eigenvalue weighted by atomic mass is 32.2. The van der Waals surface area contributed by atoms with Crippen molar-refractivity contribution in [2.24, 2.45) is 0 Å². The van der Waals surface area contributed by atoms with Crippen LogP contribution in [0.2, 0.25) is 0 Å². The predicted octanol–water partition coefficient (Wildman–Crippen LogP) is 5.49. The van der Waals surface area contributed by atoms with Gasteiger partial charge in [-0.25, -0.2) is 14.7 Å². The highest BCUT2D eigenvalue weighted by Crippen LogP contribution is 2.39. The molecule has 2 aromatic carbocycles. The van der Waals surface area contributed by atoms with Crippen LogP contribution < -0.4 is 18.5 Å². The lowest BCUT2D eigenvalue weighted by molar-refractivity contribution is -0.125. The van der Waals surface area contributed by atoms with E-state index in [4.69, 9.17) is 8.92 Å². The zero-order valence-corrected chi connectivity index (χ0v) is 25.3. The number of rotatable bonds is 11. The lowest BCUT2D eigenvalue weighted by Gasteiger charge is -2.40. The van der Waals surface area contributed by atoms with Crippen molar-refractivity contribution in [3.8, 4) is 11.5 Å². The van der Waals surface area contributed by atoms with Gasteiger partial charge in [-0.2, -0.15) is 8.42 Å². The molecule has 0 aliphatic carbocycles. The van der Waals surface area contributed by atoms with Gasteiger partial charge in [-0.1, -0.05) is 65.0 Å². The van der Waals surface area contributed by atoms with Gasteiger partial charge in [0.1, 0.15) is 5.75 Å². The summed E-state index contributed by atoms with van der Waals surface area (Å²) >= 11 is 0. The van der Waals surface area contributed by atoms with Crippen molar-refractivity contribution >= 4 is 22.2 Å². The van der Waals surface area contributed by atoms with Gasteiger partial charge in [-0.15, -0.1) is 0 Å². The summed E-state index contributed by atoms with van der Waals surface area (Å²) in [5, 5.41) is 0. The molecule has 0 spiro atoms. The summed E-state index contributed by atoms with van der Waals surface area (Å²) < 4.78 is 40.7. The summed E-state index contributed by atoms with van der Waals surface area (Å²) in [6.45, 7) is 11.4. The molecule has 1 aliphatic rings. The van der Waals surface area contributed by atoms with Crippen LogP contribution in [-0.2, 0) is 20.5 Å². The number of hydrogen-bond acceptors (Lipinski definition) is 8. The minimum atomic E-state index is -4.50. The van der Waals surface area contributed by atoms with E-state index in [9.17, 15) is 13.2 Å². The summed E-state index contributed by atoms with van der Waals surface area (Å²) in [4.78, 5) is 24.8. The van der Waals surface area contributed by atoms with Crippen LogP contribution >= 0.6 is 0 Å².